The van der Waals surface area contributed by atoms with Crippen LogP contribution in [0, 0.1) is 5.92 Å². The summed E-state index contributed by atoms with van der Waals surface area (Å²) in [7, 11) is 0. The first-order valence-corrected chi connectivity index (χ1v) is 6.59. The van der Waals surface area contributed by atoms with Gasteiger partial charge in [-0.05, 0) is 18.8 Å². The van der Waals surface area contributed by atoms with Crippen molar-refractivity contribution in [1.29, 1.82) is 0 Å². The molecule has 2 saturated heterocycles. The quantitative estimate of drug-likeness (QED) is 0.619. The number of aliphatic hydroxyl groups is 2. The van der Waals surface area contributed by atoms with E-state index in [0.29, 0.717) is 13.1 Å². The molecule has 2 fully saturated rings. The van der Waals surface area contributed by atoms with Crippen molar-refractivity contribution in [1.82, 2.24) is 9.80 Å². The first-order chi connectivity index (χ1) is 8.97. The number of likely N-dealkylation sites (tertiary alicyclic amines) is 2. The molecular weight excluding hydrogens is 252 g/mol. The summed E-state index contributed by atoms with van der Waals surface area (Å²) in [6, 6.07) is -0.217. The van der Waals surface area contributed by atoms with Crippen LogP contribution in [-0.2, 0) is 4.79 Å². The van der Waals surface area contributed by atoms with Gasteiger partial charge >= 0.3 is 12.0 Å². The van der Waals surface area contributed by atoms with Crippen LogP contribution in [-0.4, -0.2) is 75.5 Å². The monoisotopic (exact) mass is 272 g/mol. The molecule has 7 heteroatoms. The Balaban J connectivity index is 1.90. The molecule has 3 atom stereocenters. The fourth-order valence-electron chi connectivity index (χ4n) is 2.78. The minimum atomic E-state index is -0.886. The molecule has 0 spiro atoms. The summed E-state index contributed by atoms with van der Waals surface area (Å²) in [4.78, 5) is 26.0. The molecule has 0 saturated carbocycles. The highest BCUT2D eigenvalue weighted by Crippen LogP contribution is 2.22. The van der Waals surface area contributed by atoms with Crippen molar-refractivity contribution < 1.29 is 24.9 Å². The third-order valence-electron chi connectivity index (χ3n) is 3.78. The van der Waals surface area contributed by atoms with E-state index in [1.54, 1.807) is 4.90 Å². The topological polar surface area (TPSA) is 101 Å². The highest BCUT2D eigenvalue weighted by atomic mass is 16.4. The van der Waals surface area contributed by atoms with Crippen LogP contribution in [0.15, 0.2) is 0 Å². The van der Waals surface area contributed by atoms with Gasteiger partial charge in [0.05, 0.1) is 25.3 Å². The molecule has 2 aliphatic heterocycles. The van der Waals surface area contributed by atoms with Crippen LogP contribution >= 0.6 is 0 Å². The fraction of sp³-hybridized carbons (Fsp3) is 0.833. The number of aliphatic hydroxyl groups excluding tert-OH is 2. The molecule has 0 radical (unpaired) electrons. The first kappa shape index (κ1) is 14.1. The summed E-state index contributed by atoms with van der Waals surface area (Å²) in [5.41, 5.74) is 0. The Hall–Kier alpha value is -1.34. The zero-order valence-electron chi connectivity index (χ0n) is 10.7. The van der Waals surface area contributed by atoms with E-state index in [9.17, 15) is 19.8 Å². The Morgan fingerprint density at radius 1 is 1.05 bits per heavy atom. The van der Waals surface area contributed by atoms with E-state index in [2.05, 4.69) is 0 Å². The second-order valence-corrected chi connectivity index (χ2v) is 5.37. The van der Waals surface area contributed by atoms with Crippen LogP contribution in [0.5, 0.6) is 0 Å². The van der Waals surface area contributed by atoms with Crippen molar-refractivity contribution in [2.24, 2.45) is 5.92 Å². The molecule has 2 rings (SSSR count). The Labute approximate surface area is 111 Å². The van der Waals surface area contributed by atoms with Crippen LogP contribution < -0.4 is 0 Å². The van der Waals surface area contributed by atoms with Crippen molar-refractivity contribution in [3.05, 3.63) is 0 Å². The van der Waals surface area contributed by atoms with Crippen LogP contribution in [0.4, 0.5) is 4.79 Å². The van der Waals surface area contributed by atoms with Gasteiger partial charge in [-0.3, -0.25) is 4.79 Å². The van der Waals surface area contributed by atoms with Gasteiger partial charge < -0.3 is 25.1 Å². The number of hydrogen-bond acceptors (Lipinski definition) is 4. The lowest BCUT2D eigenvalue weighted by Crippen LogP contribution is -2.47. The van der Waals surface area contributed by atoms with E-state index < -0.39 is 18.2 Å². The number of carboxylic acids is 1. The van der Waals surface area contributed by atoms with E-state index in [0.717, 1.165) is 12.8 Å². The molecule has 0 aromatic carbocycles. The molecule has 0 bridgehead atoms. The number of carbonyl (C=O) groups is 2. The summed E-state index contributed by atoms with van der Waals surface area (Å²) in [6.07, 6.45) is -0.0777. The Morgan fingerprint density at radius 2 is 1.68 bits per heavy atom. The molecule has 0 aromatic rings. The predicted octanol–water partition coefficient (Wildman–Crippen LogP) is -0.670. The SMILES string of the molecule is O=C(O)CC1CCCN(C(=O)N2CC(O)C(O)C2)C1. The van der Waals surface area contributed by atoms with E-state index in [-0.39, 0.29) is 31.5 Å². The average Bonchev–Trinajstić information content (AvgIpc) is 2.68. The van der Waals surface area contributed by atoms with Gasteiger partial charge in [-0.2, -0.15) is 0 Å². The van der Waals surface area contributed by atoms with Crippen LogP contribution in [0.3, 0.4) is 0 Å². The first-order valence-electron chi connectivity index (χ1n) is 6.59. The predicted molar refractivity (Wildman–Crippen MR) is 65.5 cm³/mol. The number of piperidine rings is 1. The van der Waals surface area contributed by atoms with Gasteiger partial charge in [0, 0.05) is 19.5 Å². The van der Waals surface area contributed by atoms with Crippen LogP contribution in [0.25, 0.3) is 0 Å². The van der Waals surface area contributed by atoms with Gasteiger partial charge in [0.2, 0.25) is 0 Å². The van der Waals surface area contributed by atoms with Gasteiger partial charge in [-0.15, -0.1) is 0 Å². The molecule has 2 heterocycles. The molecule has 0 aromatic heterocycles. The summed E-state index contributed by atoms with van der Waals surface area (Å²) in [5.74, 6) is -0.848. The summed E-state index contributed by atoms with van der Waals surface area (Å²) in [5, 5.41) is 27.7. The van der Waals surface area contributed by atoms with E-state index >= 15 is 0 Å². The summed E-state index contributed by atoms with van der Waals surface area (Å²) < 4.78 is 0. The highest BCUT2D eigenvalue weighted by molar-refractivity contribution is 5.75. The highest BCUT2D eigenvalue weighted by Gasteiger charge is 2.36. The maximum absolute atomic E-state index is 12.2. The number of carbonyl (C=O) groups excluding carboxylic acids is 1. The lowest BCUT2D eigenvalue weighted by molar-refractivity contribution is -0.138. The number of β-amino-alcohol motifs (C(OH)–C–C–N with tert-alkyl or cyclic N) is 2. The number of hydrogen-bond donors (Lipinski definition) is 3. The standard InChI is InChI=1S/C12H20N2O5/c15-9-6-14(7-10(9)16)12(19)13-3-1-2-8(5-13)4-11(17)18/h8-10,15-16H,1-7H2,(H,17,18). The third kappa shape index (κ3) is 3.36. The maximum Gasteiger partial charge on any atom is 0.320 e. The smallest absolute Gasteiger partial charge is 0.320 e. The van der Waals surface area contributed by atoms with Crippen LogP contribution in [0.1, 0.15) is 19.3 Å². The van der Waals surface area contributed by atoms with E-state index in [1.807, 2.05) is 0 Å². The molecule has 7 nitrogen and oxygen atoms in total. The van der Waals surface area contributed by atoms with Gasteiger partial charge in [0.15, 0.2) is 0 Å². The molecule has 2 amide bonds. The molecule has 19 heavy (non-hydrogen) atoms. The second kappa shape index (κ2) is 5.75. The number of carboxylic acid groups (broad SMARTS) is 1. The molecule has 3 unspecified atom stereocenters. The summed E-state index contributed by atoms with van der Waals surface area (Å²) >= 11 is 0. The number of urea groups is 1. The third-order valence-corrected chi connectivity index (χ3v) is 3.78. The average molecular weight is 272 g/mol. The van der Waals surface area contributed by atoms with Crippen molar-refractivity contribution >= 4 is 12.0 Å². The van der Waals surface area contributed by atoms with E-state index in [1.165, 1.54) is 4.90 Å². The van der Waals surface area contributed by atoms with Gasteiger partial charge in [-0.25, -0.2) is 4.79 Å². The zero-order chi connectivity index (χ0) is 14.0. The summed E-state index contributed by atoms with van der Waals surface area (Å²) in [6.45, 7) is 1.33. The largest absolute Gasteiger partial charge is 0.481 e. The second-order valence-electron chi connectivity index (χ2n) is 5.37. The number of nitrogens with zero attached hydrogens (tertiary/aromatic N) is 2. The molecular formula is C12H20N2O5. The lowest BCUT2D eigenvalue weighted by atomic mass is 9.95. The number of aliphatic carboxylic acids is 1. The maximum atomic E-state index is 12.2. The van der Waals surface area contributed by atoms with Crippen molar-refractivity contribution in [3.8, 4) is 0 Å². The molecule has 108 valence electrons. The van der Waals surface area contributed by atoms with E-state index in [4.69, 9.17) is 5.11 Å². The van der Waals surface area contributed by atoms with Crippen molar-refractivity contribution in [2.45, 2.75) is 31.5 Å². The number of amides is 2. The molecule has 2 aliphatic rings. The van der Waals surface area contributed by atoms with Crippen LogP contribution in [0.2, 0.25) is 0 Å². The Morgan fingerprint density at radius 3 is 2.26 bits per heavy atom. The Bertz CT molecular complexity index is 352. The molecule has 3 N–H and O–H groups in total. The normalized spacial score (nSPS) is 31.6. The fourth-order valence-corrected chi connectivity index (χ4v) is 2.78. The van der Waals surface area contributed by atoms with Gasteiger partial charge in [0.1, 0.15) is 0 Å². The van der Waals surface area contributed by atoms with Gasteiger partial charge in [0.25, 0.3) is 0 Å². The minimum Gasteiger partial charge on any atom is -0.481 e. The Kier molecular flexibility index (Phi) is 4.26. The lowest BCUT2D eigenvalue weighted by Gasteiger charge is -2.34. The zero-order valence-corrected chi connectivity index (χ0v) is 10.7. The van der Waals surface area contributed by atoms with Crippen molar-refractivity contribution in [3.63, 3.8) is 0 Å². The number of rotatable bonds is 2. The van der Waals surface area contributed by atoms with Gasteiger partial charge in [-0.1, -0.05) is 0 Å². The van der Waals surface area contributed by atoms with Crippen molar-refractivity contribution in [2.75, 3.05) is 26.2 Å². The minimum absolute atomic E-state index is 0.00681. The molecule has 0 aliphatic carbocycles.